The van der Waals surface area contributed by atoms with Crippen LogP contribution in [0.5, 0.6) is 0 Å². The third-order valence-electron chi connectivity index (χ3n) is 14.1. The van der Waals surface area contributed by atoms with Gasteiger partial charge in [-0.05, 0) is 78.8 Å². The Labute approximate surface area is 441 Å². The molecule has 5 N–H and O–H groups in total. The summed E-state index contributed by atoms with van der Waals surface area (Å²) < 4.78 is 47.2. The molecule has 3 fully saturated rings. The predicted octanol–water partition coefficient (Wildman–Crippen LogP) is 5.79. The van der Waals surface area contributed by atoms with Crippen LogP contribution in [0.3, 0.4) is 0 Å². The smallest absolute Gasteiger partial charge is 0.366 e. The highest BCUT2D eigenvalue weighted by atomic mass is 32.1. The van der Waals surface area contributed by atoms with Crippen LogP contribution in [0, 0.1) is 17.3 Å². The van der Waals surface area contributed by atoms with E-state index in [1.807, 2.05) is 30.3 Å². The van der Waals surface area contributed by atoms with Crippen molar-refractivity contribution in [3.8, 4) is 11.8 Å². The lowest BCUT2D eigenvalue weighted by molar-refractivity contribution is -0.147. The van der Waals surface area contributed by atoms with Crippen molar-refractivity contribution in [2.75, 3.05) is 32.8 Å². The number of halogens is 2. The van der Waals surface area contributed by atoms with Gasteiger partial charge in [-0.15, -0.1) is 11.3 Å². The number of fused-ring (bicyclic) bond motifs is 2. The molecule has 8 amide bonds. The van der Waals surface area contributed by atoms with Crippen LogP contribution in [0.4, 0.5) is 8.78 Å². The molecule has 0 spiro atoms. The highest BCUT2D eigenvalue weighted by Crippen LogP contribution is 2.59. The van der Waals surface area contributed by atoms with Gasteiger partial charge < -0.3 is 35.0 Å². The fourth-order valence-corrected chi connectivity index (χ4v) is 11.5. The number of amides is 8. The number of nitrogens with zero attached hydrogens (tertiary/aromatic N) is 3. The molecular weight excluding hydrogens is 1030 g/mol. The summed E-state index contributed by atoms with van der Waals surface area (Å²) in [5, 5.41) is 7.99. The van der Waals surface area contributed by atoms with Crippen LogP contribution in [0.15, 0.2) is 72.8 Å². The van der Waals surface area contributed by atoms with Gasteiger partial charge in [-0.3, -0.25) is 53.1 Å². The van der Waals surface area contributed by atoms with E-state index < -0.39 is 89.8 Å². The number of imide groups is 2. The zero-order valence-corrected chi connectivity index (χ0v) is 43.9. The predicted molar refractivity (Wildman–Crippen MR) is 275 cm³/mol. The number of thiophene rings is 1. The Hall–Kier alpha value is -6.69. The number of alkyl halides is 2. The second-order valence-electron chi connectivity index (χ2n) is 20.6. The normalized spacial score (nSPS) is 20.5. The summed E-state index contributed by atoms with van der Waals surface area (Å²) in [5.41, 5.74) is -4.57. The molecule has 1 aromatic heterocycles. The van der Waals surface area contributed by atoms with Crippen LogP contribution in [0.25, 0.3) is 10.1 Å². The van der Waals surface area contributed by atoms with Crippen molar-refractivity contribution < 1.29 is 66.2 Å². The number of piperidine rings is 2. The number of unbranched alkanes of at least 4 members (excludes halogenated alkanes) is 3. The zero-order valence-electron chi connectivity index (χ0n) is 42.1. The average Bonchev–Trinajstić information content (AvgIpc) is 4.09. The van der Waals surface area contributed by atoms with E-state index in [4.69, 9.17) is 4.74 Å². The fourth-order valence-electron chi connectivity index (χ4n) is 10.1. The number of rotatable bonds is 16. The fraction of sp³-hybridized carbons (Fsp3) is 0.444. The maximum Gasteiger partial charge on any atom is 0.399 e. The van der Waals surface area contributed by atoms with Crippen LogP contribution in [-0.4, -0.2) is 129 Å². The van der Waals surface area contributed by atoms with Gasteiger partial charge >= 0.3 is 13.3 Å². The van der Waals surface area contributed by atoms with Gasteiger partial charge in [0.05, 0.1) is 22.1 Å². The summed E-state index contributed by atoms with van der Waals surface area (Å²) in [7, 11) is -5.85. The van der Waals surface area contributed by atoms with E-state index in [1.165, 1.54) is 23.1 Å². The van der Waals surface area contributed by atoms with Crippen molar-refractivity contribution in [2.45, 2.75) is 114 Å². The van der Waals surface area contributed by atoms with E-state index in [2.05, 4.69) is 27.8 Å². The van der Waals surface area contributed by atoms with E-state index in [9.17, 15) is 61.5 Å². The minimum Gasteiger partial charge on any atom is -0.366 e. The Morgan fingerprint density at radius 3 is 2.42 bits per heavy atom. The quantitative estimate of drug-likeness (QED) is 0.0387. The van der Waals surface area contributed by atoms with Crippen molar-refractivity contribution >= 4 is 76.3 Å². The van der Waals surface area contributed by atoms with Gasteiger partial charge in [-0.2, -0.15) is 8.78 Å². The molecule has 5 heterocycles. The van der Waals surface area contributed by atoms with Crippen LogP contribution in [-0.2, 0) is 38.9 Å². The maximum atomic E-state index is 14.8. The second-order valence-corrected chi connectivity index (χ2v) is 23.3. The molecule has 0 saturated carbocycles. The summed E-state index contributed by atoms with van der Waals surface area (Å²) in [6.07, 6.45) is 3.46. The Bertz CT molecular complexity index is 3070. The summed E-state index contributed by atoms with van der Waals surface area (Å²) in [6, 6.07) is 15.7. The Morgan fingerprint density at radius 2 is 1.70 bits per heavy atom. The third kappa shape index (κ3) is 12.1. The number of carbonyl (C=O) groups excluding carboxylic acids is 8. The summed E-state index contributed by atoms with van der Waals surface area (Å²) in [4.78, 5) is 130. The Morgan fingerprint density at radius 1 is 0.934 bits per heavy atom. The number of nitrogens with one attached hydrogen (secondary N) is 3. The first-order chi connectivity index (χ1) is 36.0. The van der Waals surface area contributed by atoms with Crippen LogP contribution in [0.2, 0.25) is 0 Å². The molecule has 5 atom stereocenters. The minimum atomic E-state index is -5.85. The number of benzene rings is 3. The van der Waals surface area contributed by atoms with Gasteiger partial charge in [0.25, 0.3) is 17.7 Å². The van der Waals surface area contributed by atoms with Gasteiger partial charge in [0.15, 0.2) is 0 Å². The second kappa shape index (κ2) is 22.9. The van der Waals surface area contributed by atoms with Crippen molar-refractivity contribution in [3.05, 3.63) is 105 Å². The topological polar surface area (TPSA) is 249 Å². The highest BCUT2D eigenvalue weighted by molar-refractivity contribution is 7.52. The SMILES string of the molecule is CC(C)(C)C(NC(=O)c1cc2cc(C(F)(F)P(=O)(O)O)ccc2s1)C(=O)N1C[C@@H](OCC(=O)NCCCCCC#Cc2cccc3c2C(=O)N(C2CCC(=O)NC2=O)C3=O)C[C@H]1C(=O)N1CCC[C@H](c2ccccc2)C1. The van der Waals surface area contributed by atoms with Crippen molar-refractivity contribution in [3.63, 3.8) is 0 Å². The van der Waals surface area contributed by atoms with Crippen molar-refractivity contribution in [1.82, 2.24) is 30.7 Å². The van der Waals surface area contributed by atoms with Crippen LogP contribution in [0.1, 0.15) is 132 Å². The van der Waals surface area contributed by atoms with E-state index in [-0.39, 0.29) is 65.6 Å². The number of hydrogen-bond donors (Lipinski definition) is 5. The first kappa shape index (κ1) is 55.5. The molecule has 8 rings (SSSR count). The first-order valence-corrected chi connectivity index (χ1v) is 27.6. The molecule has 18 nitrogen and oxygen atoms in total. The van der Waals surface area contributed by atoms with E-state index in [0.29, 0.717) is 55.6 Å². The van der Waals surface area contributed by atoms with Gasteiger partial charge in [-0.25, -0.2) is 0 Å². The van der Waals surface area contributed by atoms with Gasteiger partial charge in [0, 0.05) is 67.2 Å². The summed E-state index contributed by atoms with van der Waals surface area (Å²) in [5.74, 6) is 1.76. The molecule has 76 heavy (non-hydrogen) atoms. The molecule has 0 radical (unpaired) electrons. The lowest BCUT2D eigenvalue weighted by Crippen LogP contribution is -2.58. The lowest BCUT2D eigenvalue weighted by Gasteiger charge is -2.38. The third-order valence-corrected chi connectivity index (χ3v) is 16.2. The van der Waals surface area contributed by atoms with Crippen molar-refractivity contribution in [1.29, 1.82) is 0 Å². The van der Waals surface area contributed by atoms with Gasteiger partial charge in [0.2, 0.25) is 29.5 Å². The molecular formula is C54H59F2N6O12PS. The number of ether oxygens (including phenoxy) is 1. The van der Waals surface area contributed by atoms with E-state index >= 15 is 0 Å². The molecule has 4 aromatic rings. The number of carbonyl (C=O) groups is 8. The molecule has 2 unspecified atom stereocenters. The van der Waals surface area contributed by atoms with Gasteiger partial charge in [0.1, 0.15) is 24.7 Å². The number of hydrogen-bond acceptors (Lipinski definition) is 11. The minimum absolute atomic E-state index is 0.0108. The largest absolute Gasteiger partial charge is 0.399 e. The molecule has 0 aliphatic carbocycles. The monoisotopic (exact) mass is 1080 g/mol. The summed E-state index contributed by atoms with van der Waals surface area (Å²) >= 11 is 0.944. The van der Waals surface area contributed by atoms with Crippen molar-refractivity contribution in [2.24, 2.45) is 5.41 Å². The molecule has 3 saturated heterocycles. The molecule has 4 aliphatic rings. The molecule has 22 heteroatoms. The molecule has 3 aromatic carbocycles. The van der Waals surface area contributed by atoms with Crippen LogP contribution < -0.4 is 16.0 Å². The highest BCUT2D eigenvalue weighted by Gasteiger charge is 2.51. The molecule has 402 valence electrons. The Balaban J connectivity index is 0.872. The molecule has 0 bridgehead atoms. The first-order valence-electron chi connectivity index (χ1n) is 25.2. The lowest BCUT2D eigenvalue weighted by atomic mass is 9.85. The van der Waals surface area contributed by atoms with Crippen LogP contribution >= 0.6 is 18.9 Å². The Kier molecular flexibility index (Phi) is 16.7. The molecule has 4 aliphatic heterocycles. The maximum absolute atomic E-state index is 14.8. The van der Waals surface area contributed by atoms with Gasteiger partial charge in [-0.1, -0.05) is 81.5 Å². The van der Waals surface area contributed by atoms with E-state index in [0.717, 1.165) is 46.8 Å². The van der Waals surface area contributed by atoms with E-state index in [1.54, 1.807) is 37.8 Å². The number of likely N-dealkylation sites (tertiary alicyclic amines) is 2. The zero-order chi connectivity index (χ0) is 54.7. The summed E-state index contributed by atoms with van der Waals surface area (Å²) in [6.45, 7) is 6.06. The average molecular weight is 1090 g/mol. The standard InChI is InChI=1S/C54H59F2N6O12PS/c1-53(2,3)46(59-48(66)42-27-35-26-36(20-22-41(35)76-42)54(55,56)75(71,72)73)52(70)61-30-37(28-40(61)50(68)60-25-13-18-34(29-60)32-14-9-7-10-15-32)74-31-44(64)57-24-11-6-4-5-8-16-33-17-12-19-38-45(33)51(69)62(49(38)67)39-21-23-43(63)58-47(39)65/h7,9-10,12,14-15,17,19-20,22,26-27,34,37,39-40,46H,4-6,11,13,18,21,23-25,28-31H2,1-3H3,(H,57,64)(H,59,66)(H,58,63,65)(H2,71,72,73)/t34-,37-,39?,40-,46?/m0/s1.